The minimum Gasteiger partial charge on any atom is -0.364 e. The van der Waals surface area contributed by atoms with Crippen LogP contribution in [0.2, 0.25) is 0 Å². The molecule has 2 fully saturated rings. The van der Waals surface area contributed by atoms with Gasteiger partial charge in [0.25, 0.3) is 5.91 Å². The van der Waals surface area contributed by atoms with Gasteiger partial charge in [-0.25, -0.2) is 0 Å². The largest absolute Gasteiger partial charge is 0.364 e. The van der Waals surface area contributed by atoms with Crippen LogP contribution in [-0.2, 0) is 11.8 Å². The highest BCUT2D eigenvalue weighted by atomic mass is 35.5. The van der Waals surface area contributed by atoms with Crippen molar-refractivity contribution in [3.8, 4) is 0 Å². The first-order valence-corrected chi connectivity index (χ1v) is 7.51. The summed E-state index contributed by atoms with van der Waals surface area (Å²) in [5.41, 5.74) is 6.05. The van der Waals surface area contributed by atoms with Crippen LogP contribution in [-0.4, -0.2) is 29.5 Å². The van der Waals surface area contributed by atoms with Crippen LogP contribution < -0.4 is 16.4 Å². The monoisotopic (exact) mass is 326 g/mol. The Bertz CT molecular complexity index is 586. The summed E-state index contributed by atoms with van der Waals surface area (Å²) in [7, 11) is 1.74. The van der Waals surface area contributed by atoms with Gasteiger partial charge >= 0.3 is 0 Å². The highest BCUT2D eigenvalue weighted by Gasteiger charge is 2.49. The molecule has 1 aliphatic carbocycles. The number of anilines is 1. The summed E-state index contributed by atoms with van der Waals surface area (Å²) in [4.78, 5) is 24.1. The normalized spacial score (nSPS) is 26.9. The molecule has 1 saturated carbocycles. The SMILES string of the molecule is Cl.Cn1cc(NC(=O)[C@@]23CCCC[C@H]2CNC3)cc1C(N)=O. The number of fused-ring (bicyclic) bond motifs is 1. The number of hydrogen-bond acceptors (Lipinski definition) is 3. The van der Waals surface area contributed by atoms with Crippen molar-refractivity contribution in [3.63, 3.8) is 0 Å². The average Bonchev–Trinajstić information content (AvgIpc) is 3.02. The number of rotatable bonds is 3. The van der Waals surface area contributed by atoms with Crippen LogP contribution in [0.25, 0.3) is 0 Å². The van der Waals surface area contributed by atoms with Gasteiger partial charge in [0.15, 0.2) is 0 Å². The maximum atomic E-state index is 12.8. The third-order valence-corrected chi connectivity index (χ3v) is 5.01. The van der Waals surface area contributed by atoms with Crippen LogP contribution in [0.15, 0.2) is 12.3 Å². The molecule has 1 aromatic heterocycles. The summed E-state index contributed by atoms with van der Waals surface area (Å²) in [6.07, 6.45) is 6.09. The topological polar surface area (TPSA) is 89.2 Å². The van der Waals surface area contributed by atoms with Crippen molar-refractivity contribution in [2.24, 2.45) is 24.1 Å². The highest BCUT2D eigenvalue weighted by Crippen LogP contribution is 2.44. The number of aromatic nitrogens is 1. The van der Waals surface area contributed by atoms with Crippen molar-refractivity contribution in [1.82, 2.24) is 9.88 Å². The van der Waals surface area contributed by atoms with E-state index in [4.69, 9.17) is 5.73 Å². The Labute approximate surface area is 136 Å². The second-order valence-electron chi connectivity index (χ2n) is 6.27. The number of amides is 2. The third-order valence-electron chi connectivity index (χ3n) is 5.01. The second kappa shape index (κ2) is 6.30. The molecule has 122 valence electrons. The molecule has 6 nitrogen and oxygen atoms in total. The molecule has 0 aromatic carbocycles. The standard InChI is InChI=1S/C15H22N4O2.ClH/c1-19-8-11(6-12(19)13(16)20)18-14(21)15-5-3-2-4-10(15)7-17-9-15;/h6,8,10,17H,2-5,7,9H2,1H3,(H2,16,20)(H,18,21);1H/t10-,15+;/m0./s1. The summed E-state index contributed by atoms with van der Waals surface area (Å²) in [5, 5.41) is 6.35. The number of primary amides is 1. The molecule has 3 rings (SSSR count). The number of halogens is 1. The minimum absolute atomic E-state index is 0. The van der Waals surface area contributed by atoms with Gasteiger partial charge in [-0.05, 0) is 31.4 Å². The molecule has 22 heavy (non-hydrogen) atoms. The van der Waals surface area contributed by atoms with Gasteiger partial charge in [0.05, 0.1) is 11.1 Å². The van der Waals surface area contributed by atoms with Gasteiger partial charge in [-0.1, -0.05) is 12.8 Å². The van der Waals surface area contributed by atoms with Crippen molar-refractivity contribution in [1.29, 1.82) is 0 Å². The molecule has 0 radical (unpaired) electrons. The van der Waals surface area contributed by atoms with Crippen LogP contribution in [0.3, 0.4) is 0 Å². The molecule has 0 unspecified atom stereocenters. The molecular formula is C15H23ClN4O2. The first kappa shape index (κ1) is 16.8. The smallest absolute Gasteiger partial charge is 0.265 e. The van der Waals surface area contributed by atoms with E-state index in [-0.39, 0.29) is 23.7 Å². The van der Waals surface area contributed by atoms with Gasteiger partial charge in [-0.2, -0.15) is 0 Å². The Morgan fingerprint density at radius 2 is 2.23 bits per heavy atom. The highest BCUT2D eigenvalue weighted by molar-refractivity contribution is 5.98. The van der Waals surface area contributed by atoms with Crippen molar-refractivity contribution in [2.75, 3.05) is 18.4 Å². The van der Waals surface area contributed by atoms with E-state index in [2.05, 4.69) is 10.6 Å². The zero-order valence-electron chi connectivity index (χ0n) is 12.7. The van der Waals surface area contributed by atoms with Crippen LogP contribution in [0.1, 0.15) is 36.2 Å². The lowest BCUT2D eigenvalue weighted by molar-refractivity contribution is -0.128. The van der Waals surface area contributed by atoms with Crippen LogP contribution in [0, 0.1) is 11.3 Å². The Morgan fingerprint density at radius 3 is 2.91 bits per heavy atom. The van der Waals surface area contributed by atoms with E-state index >= 15 is 0 Å². The number of aryl methyl sites for hydroxylation is 1. The predicted octanol–water partition coefficient (Wildman–Crippen LogP) is 1.26. The Kier molecular flexibility index (Phi) is 4.82. The predicted molar refractivity (Wildman–Crippen MR) is 87.1 cm³/mol. The maximum absolute atomic E-state index is 12.8. The maximum Gasteiger partial charge on any atom is 0.265 e. The first-order chi connectivity index (χ1) is 10.0. The van der Waals surface area contributed by atoms with Gasteiger partial charge in [-0.3, -0.25) is 9.59 Å². The van der Waals surface area contributed by atoms with E-state index in [1.165, 1.54) is 6.42 Å². The fourth-order valence-corrected chi connectivity index (χ4v) is 3.82. The van der Waals surface area contributed by atoms with E-state index in [0.29, 0.717) is 17.3 Å². The Hall–Kier alpha value is -1.53. The summed E-state index contributed by atoms with van der Waals surface area (Å²) in [5.74, 6) is -0.00127. The summed E-state index contributed by atoms with van der Waals surface area (Å²) in [6.45, 7) is 1.67. The summed E-state index contributed by atoms with van der Waals surface area (Å²) >= 11 is 0. The molecular weight excluding hydrogens is 304 g/mol. The summed E-state index contributed by atoms with van der Waals surface area (Å²) < 4.78 is 1.64. The number of nitrogens with two attached hydrogens (primary N) is 1. The molecule has 4 N–H and O–H groups in total. The van der Waals surface area contributed by atoms with Gasteiger partial charge in [0.1, 0.15) is 5.69 Å². The Balaban J connectivity index is 0.00000176. The molecule has 0 spiro atoms. The Morgan fingerprint density at radius 1 is 1.45 bits per heavy atom. The van der Waals surface area contributed by atoms with E-state index < -0.39 is 5.91 Å². The molecule has 2 atom stereocenters. The fraction of sp³-hybridized carbons (Fsp3) is 0.600. The molecule has 1 aromatic rings. The zero-order chi connectivity index (χ0) is 15.0. The number of carbonyl (C=O) groups excluding carboxylic acids is 2. The molecule has 1 aliphatic heterocycles. The average molecular weight is 327 g/mol. The van der Waals surface area contributed by atoms with Crippen molar-refractivity contribution >= 4 is 29.9 Å². The van der Waals surface area contributed by atoms with Crippen LogP contribution >= 0.6 is 12.4 Å². The van der Waals surface area contributed by atoms with Crippen LogP contribution in [0.5, 0.6) is 0 Å². The second-order valence-corrected chi connectivity index (χ2v) is 6.27. The lowest BCUT2D eigenvalue weighted by Gasteiger charge is -2.36. The summed E-state index contributed by atoms with van der Waals surface area (Å²) in [6, 6.07) is 1.64. The van der Waals surface area contributed by atoms with Gasteiger partial charge in [0.2, 0.25) is 5.91 Å². The van der Waals surface area contributed by atoms with Crippen molar-refractivity contribution < 1.29 is 9.59 Å². The molecule has 0 bridgehead atoms. The van der Waals surface area contributed by atoms with Crippen molar-refractivity contribution in [3.05, 3.63) is 18.0 Å². The minimum atomic E-state index is -0.491. The lowest BCUT2D eigenvalue weighted by atomic mass is 9.67. The van der Waals surface area contributed by atoms with Crippen molar-refractivity contribution in [2.45, 2.75) is 25.7 Å². The van der Waals surface area contributed by atoms with Gasteiger partial charge < -0.3 is 20.9 Å². The van der Waals surface area contributed by atoms with E-state index in [1.807, 2.05) is 0 Å². The molecule has 7 heteroatoms. The van der Waals surface area contributed by atoms with E-state index in [9.17, 15) is 9.59 Å². The van der Waals surface area contributed by atoms with Gasteiger partial charge in [0, 0.05) is 19.8 Å². The molecule has 1 saturated heterocycles. The first-order valence-electron chi connectivity index (χ1n) is 7.51. The molecule has 2 amide bonds. The zero-order valence-corrected chi connectivity index (χ0v) is 13.5. The number of nitrogens with one attached hydrogen (secondary N) is 2. The fourth-order valence-electron chi connectivity index (χ4n) is 3.82. The quantitative estimate of drug-likeness (QED) is 0.781. The molecule has 2 aliphatic rings. The van der Waals surface area contributed by atoms with Crippen LogP contribution in [0.4, 0.5) is 5.69 Å². The van der Waals surface area contributed by atoms with E-state index in [1.54, 1.807) is 23.9 Å². The number of nitrogens with zero attached hydrogens (tertiary/aromatic N) is 1. The molecule has 2 heterocycles. The third kappa shape index (κ3) is 2.73. The van der Waals surface area contributed by atoms with E-state index in [0.717, 1.165) is 32.4 Å². The lowest BCUT2D eigenvalue weighted by Crippen LogP contribution is -2.44. The number of carbonyl (C=O) groups is 2. The number of hydrogen-bond donors (Lipinski definition) is 3. The van der Waals surface area contributed by atoms with Gasteiger partial charge in [-0.15, -0.1) is 12.4 Å².